The highest BCUT2D eigenvalue weighted by atomic mass is 16.2. The summed E-state index contributed by atoms with van der Waals surface area (Å²) in [6.07, 6.45) is 4.11. The van der Waals surface area contributed by atoms with Crippen molar-refractivity contribution in [3.05, 3.63) is 65.1 Å². The molecule has 0 atom stereocenters. The normalized spacial score (nSPS) is 13.3. The average molecular weight is 378 g/mol. The zero-order chi connectivity index (χ0) is 19.3. The van der Waals surface area contributed by atoms with Crippen LogP contribution in [-0.2, 0) is 13.1 Å². The second kappa shape index (κ2) is 8.08. The first-order valence-corrected chi connectivity index (χ1v) is 9.39. The van der Waals surface area contributed by atoms with Crippen molar-refractivity contribution in [2.75, 3.05) is 11.9 Å². The van der Waals surface area contributed by atoms with Gasteiger partial charge in [-0.05, 0) is 24.8 Å². The lowest BCUT2D eigenvalue weighted by atomic mass is 10.1. The molecular formula is C20H22N6O2. The summed E-state index contributed by atoms with van der Waals surface area (Å²) in [5.74, 6) is 1.34. The summed E-state index contributed by atoms with van der Waals surface area (Å²) < 4.78 is 3.17. The molecule has 2 amide bonds. The van der Waals surface area contributed by atoms with Gasteiger partial charge in [-0.25, -0.2) is 14.2 Å². The van der Waals surface area contributed by atoms with Gasteiger partial charge in [-0.3, -0.25) is 10.1 Å². The Bertz CT molecular complexity index is 1010. The molecule has 0 unspecified atom stereocenters. The van der Waals surface area contributed by atoms with E-state index in [4.69, 9.17) is 0 Å². The number of urea groups is 1. The number of aromatic nitrogens is 4. The number of hydrogen-bond donors (Lipinski definition) is 2. The van der Waals surface area contributed by atoms with Crippen molar-refractivity contribution in [3.8, 4) is 11.3 Å². The summed E-state index contributed by atoms with van der Waals surface area (Å²) in [5.41, 5.74) is 1.45. The molecular weight excluding hydrogens is 356 g/mol. The minimum atomic E-state index is -0.329. The lowest BCUT2D eigenvalue weighted by Crippen LogP contribution is -2.35. The first kappa shape index (κ1) is 18.0. The van der Waals surface area contributed by atoms with Gasteiger partial charge in [0.15, 0.2) is 0 Å². The van der Waals surface area contributed by atoms with Crippen molar-refractivity contribution in [2.24, 2.45) is 5.92 Å². The zero-order valence-corrected chi connectivity index (χ0v) is 15.4. The smallest absolute Gasteiger partial charge is 0.320 e. The molecule has 1 aliphatic carbocycles. The van der Waals surface area contributed by atoms with E-state index in [2.05, 4.69) is 20.8 Å². The van der Waals surface area contributed by atoms with E-state index < -0.39 is 0 Å². The number of anilines is 1. The lowest BCUT2D eigenvalue weighted by molar-refractivity contribution is 0.251. The largest absolute Gasteiger partial charge is 0.336 e. The standard InChI is InChI=1S/C20H22N6O2/c27-19-9-8-17(16-4-2-1-3-5-16)24-25(19)13-12-21-20(28)23-18-10-11-22-26(18)14-15-6-7-15/h1-5,8-11,15H,6-7,12-14H2,(H2,21,23,28). The van der Waals surface area contributed by atoms with Crippen LogP contribution in [0.5, 0.6) is 0 Å². The van der Waals surface area contributed by atoms with Gasteiger partial charge in [0.1, 0.15) is 5.82 Å². The maximum Gasteiger partial charge on any atom is 0.320 e. The number of nitrogens with one attached hydrogen (secondary N) is 2. The number of amides is 2. The fraction of sp³-hybridized carbons (Fsp3) is 0.300. The molecule has 144 valence electrons. The Morgan fingerprint density at radius 2 is 1.89 bits per heavy atom. The molecule has 0 saturated heterocycles. The third-order valence-electron chi connectivity index (χ3n) is 4.63. The molecule has 1 aliphatic rings. The molecule has 2 heterocycles. The van der Waals surface area contributed by atoms with Crippen LogP contribution >= 0.6 is 0 Å². The van der Waals surface area contributed by atoms with Gasteiger partial charge in [0.25, 0.3) is 5.56 Å². The van der Waals surface area contributed by atoms with Crippen molar-refractivity contribution in [3.63, 3.8) is 0 Å². The van der Waals surface area contributed by atoms with Crippen LogP contribution in [0.2, 0.25) is 0 Å². The topological polar surface area (TPSA) is 93.8 Å². The van der Waals surface area contributed by atoms with Gasteiger partial charge in [-0.15, -0.1) is 0 Å². The highest BCUT2D eigenvalue weighted by Crippen LogP contribution is 2.31. The molecule has 1 aromatic carbocycles. The molecule has 1 fully saturated rings. The van der Waals surface area contributed by atoms with Crippen LogP contribution in [0.25, 0.3) is 11.3 Å². The van der Waals surface area contributed by atoms with Crippen LogP contribution in [0.15, 0.2) is 59.5 Å². The summed E-state index contributed by atoms with van der Waals surface area (Å²) in [7, 11) is 0. The average Bonchev–Trinajstić information content (AvgIpc) is 3.43. The SMILES string of the molecule is O=C(NCCn1nc(-c2ccccc2)ccc1=O)Nc1ccnn1CC1CC1. The number of hydrogen-bond acceptors (Lipinski definition) is 4. The lowest BCUT2D eigenvalue weighted by Gasteiger charge is -2.11. The van der Waals surface area contributed by atoms with Crippen molar-refractivity contribution >= 4 is 11.8 Å². The molecule has 0 spiro atoms. The van der Waals surface area contributed by atoms with Gasteiger partial charge in [0, 0.05) is 30.8 Å². The van der Waals surface area contributed by atoms with Crippen LogP contribution in [-0.4, -0.2) is 32.1 Å². The van der Waals surface area contributed by atoms with Gasteiger partial charge < -0.3 is 5.32 Å². The van der Waals surface area contributed by atoms with Crippen molar-refractivity contribution in [1.82, 2.24) is 24.9 Å². The third-order valence-corrected chi connectivity index (χ3v) is 4.63. The minimum absolute atomic E-state index is 0.204. The Balaban J connectivity index is 1.33. The summed E-state index contributed by atoms with van der Waals surface area (Å²) in [6, 6.07) is 14.3. The molecule has 1 saturated carbocycles. The quantitative estimate of drug-likeness (QED) is 0.660. The number of carbonyl (C=O) groups is 1. The molecule has 0 aliphatic heterocycles. The van der Waals surface area contributed by atoms with Crippen molar-refractivity contribution < 1.29 is 4.79 Å². The maximum atomic E-state index is 12.2. The molecule has 28 heavy (non-hydrogen) atoms. The van der Waals surface area contributed by atoms with E-state index >= 15 is 0 Å². The third kappa shape index (κ3) is 4.46. The summed E-state index contributed by atoms with van der Waals surface area (Å²) in [5, 5.41) is 14.2. The summed E-state index contributed by atoms with van der Waals surface area (Å²) in [4.78, 5) is 24.2. The predicted octanol–water partition coefficient (Wildman–Crippen LogP) is 2.34. The van der Waals surface area contributed by atoms with Gasteiger partial charge in [0.2, 0.25) is 0 Å². The Morgan fingerprint density at radius 3 is 2.68 bits per heavy atom. The Kier molecular flexibility index (Phi) is 5.18. The van der Waals surface area contributed by atoms with Gasteiger partial charge >= 0.3 is 6.03 Å². The van der Waals surface area contributed by atoms with E-state index in [-0.39, 0.29) is 24.7 Å². The second-order valence-electron chi connectivity index (χ2n) is 6.87. The Morgan fingerprint density at radius 1 is 1.07 bits per heavy atom. The van der Waals surface area contributed by atoms with E-state index in [1.807, 2.05) is 35.0 Å². The van der Waals surface area contributed by atoms with Crippen LogP contribution in [0.3, 0.4) is 0 Å². The predicted molar refractivity (Wildman–Crippen MR) is 106 cm³/mol. The Labute approximate surface area is 162 Å². The van der Waals surface area contributed by atoms with Gasteiger partial charge in [0.05, 0.1) is 18.4 Å². The second-order valence-corrected chi connectivity index (χ2v) is 6.87. The minimum Gasteiger partial charge on any atom is -0.336 e. The molecule has 2 aromatic heterocycles. The number of rotatable bonds is 7. The molecule has 0 bridgehead atoms. The Hall–Kier alpha value is -3.42. The van der Waals surface area contributed by atoms with Gasteiger partial charge in [-0.2, -0.15) is 10.2 Å². The fourth-order valence-corrected chi connectivity index (χ4v) is 2.94. The first-order valence-electron chi connectivity index (χ1n) is 9.39. The molecule has 2 N–H and O–H groups in total. The highest BCUT2D eigenvalue weighted by Gasteiger charge is 2.23. The monoisotopic (exact) mass is 378 g/mol. The first-order chi connectivity index (χ1) is 13.7. The molecule has 0 radical (unpaired) electrons. The van der Waals surface area contributed by atoms with E-state index in [9.17, 15) is 9.59 Å². The molecule has 3 aromatic rings. The van der Waals surface area contributed by atoms with Crippen molar-refractivity contribution in [1.29, 1.82) is 0 Å². The van der Waals surface area contributed by atoms with E-state index in [1.165, 1.54) is 23.6 Å². The van der Waals surface area contributed by atoms with Crippen LogP contribution in [0.1, 0.15) is 12.8 Å². The van der Waals surface area contributed by atoms with Crippen LogP contribution in [0, 0.1) is 5.92 Å². The van der Waals surface area contributed by atoms with E-state index in [0.29, 0.717) is 17.4 Å². The zero-order valence-electron chi connectivity index (χ0n) is 15.4. The maximum absolute atomic E-state index is 12.2. The number of carbonyl (C=O) groups excluding carboxylic acids is 1. The fourth-order valence-electron chi connectivity index (χ4n) is 2.94. The van der Waals surface area contributed by atoms with Crippen molar-refractivity contribution in [2.45, 2.75) is 25.9 Å². The van der Waals surface area contributed by atoms with Gasteiger partial charge in [-0.1, -0.05) is 30.3 Å². The van der Waals surface area contributed by atoms with Crippen LogP contribution in [0.4, 0.5) is 10.6 Å². The molecule has 8 nitrogen and oxygen atoms in total. The number of nitrogens with zero attached hydrogens (tertiary/aromatic N) is 4. The van der Waals surface area contributed by atoms with E-state index in [1.54, 1.807) is 18.3 Å². The van der Waals surface area contributed by atoms with Crippen LogP contribution < -0.4 is 16.2 Å². The van der Waals surface area contributed by atoms with E-state index in [0.717, 1.165) is 12.1 Å². The molecule has 8 heteroatoms. The highest BCUT2D eigenvalue weighted by molar-refractivity contribution is 5.88. The number of benzene rings is 1. The summed E-state index contributed by atoms with van der Waals surface area (Å²) >= 11 is 0. The molecule has 4 rings (SSSR count). The summed E-state index contributed by atoms with van der Waals surface area (Å²) in [6.45, 7) is 1.40.